The number of fused-ring (bicyclic) bond motifs is 1. The summed E-state index contributed by atoms with van der Waals surface area (Å²) >= 11 is 0. The van der Waals surface area contributed by atoms with Crippen molar-refractivity contribution in [2.24, 2.45) is 7.05 Å². The molecule has 2 N–H and O–H groups in total. The Kier molecular flexibility index (Phi) is 5.03. The van der Waals surface area contributed by atoms with Crippen molar-refractivity contribution in [3.63, 3.8) is 0 Å². The van der Waals surface area contributed by atoms with E-state index in [-0.39, 0.29) is 24.8 Å². The summed E-state index contributed by atoms with van der Waals surface area (Å²) in [5.41, 5.74) is 2.77. The number of amides is 4. The standard InChI is InChI=1S/C22H22N4O3/c1-25-11-10-16-13-17(7-8-19(16)25)23-20(27)14-18-21(28)26(22(29)24-18)12-9-15-5-3-2-4-6-15/h2-8,10-11,13,18H,9,12,14H2,1H3,(H,23,27)(H,24,29)/t18-/m0/s1. The number of hydrogen-bond donors (Lipinski definition) is 2. The highest BCUT2D eigenvalue weighted by atomic mass is 16.2. The molecule has 0 radical (unpaired) electrons. The molecule has 0 bridgehead atoms. The summed E-state index contributed by atoms with van der Waals surface area (Å²) in [4.78, 5) is 38.3. The van der Waals surface area contributed by atoms with Gasteiger partial charge >= 0.3 is 6.03 Å². The summed E-state index contributed by atoms with van der Waals surface area (Å²) < 4.78 is 2.00. The van der Waals surface area contributed by atoms with Crippen LogP contribution in [0.5, 0.6) is 0 Å². The van der Waals surface area contributed by atoms with E-state index >= 15 is 0 Å². The molecule has 7 heteroatoms. The molecule has 3 aromatic rings. The minimum Gasteiger partial charge on any atom is -0.351 e. The van der Waals surface area contributed by atoms with Gasteiger partial charge in [0.25, 0.3) is 5.91 Å². The van der Waals surface area contributed by atoms with Crippen molar-refractivity contribution in [2.75, 3.05) is 11.9 Å². The summed E-state index contributed by atoms with van der Waals surface area (Å²) in [6.07, 6.45) is 2.43. The third kappa shape index (κ3) is 3.99. The van der Waals surface area contributed by atoms with Crippen LogP contribution in [-0.4, -0.2) is 39.9 Å². The monoisotopic (exact) mass is 390 g/mol. The Morgan fingerprint density at radius 1 is 1.10 bits per heavy atom. The van der Waals surface area contributed by atoms with Crippen LogP contribution in [0, 0.1) is 0 Å². The maximum atomic E-state index is 12.6. The minimum absolute atomic E-state index is 0.0980. The van der Waals surface area contributed by atoms with Crippen molar-refractivity contribution in [2.45, 2.75) is 18.9 Å². The van der Waals surface area contributed by atoms with Gasteiger partial charge in [-0.15, -0.1) is 0 Å². The van der Waals surface area contributed by atoms with Gasteiger partial charge in [0, 0.05) is 36.4 Å². The lowest BCUT2D eigenvalue weighted by molar-refractivity contribution is -0.129. The van der Waals surface area contributed by atoms with Gasteiger partial charge < -0.3 is 15.2 Å². The van der Waals surface area contributed by atoms with E-state index in [1.807, 2.05) is 72.4 Å². The van der Waals surface area contributed by atoms with E-state index in [0.717, 1.165) is 16.5 Å². The molecular weight excluding hydrogens is 368 g/mol. The minimum atomic E-state index is -0.835. The lowest BCUT2D eigenvalue weighted by Crippen LogP contribution is -2.34. The van der Waals surface area contributed by atoms with E-state index in [1.54, 1.807) is 0 Å². The molecule has 1 fully saturated rings. The van der Waals surface area contributed by atoms with Gasteiger partial charge in [0.05, 0.1) is 6.42 Å². The van der Waals surface area contributed by atoms with Crippen LogP contribution in [0.15, 0.2) is 60.8 Å². The molecule has 1 aliphatic rings. The van der Waals surface area contributed by atoms with Crippen molar-refractivity contribution in [3.05, 3.63) is 66.4 Å². The molecule has 148 valence electrons. The lowest BCUT2D eigenvalue weighted by Gasteiger charge is -2.13. The highest BCUT2D eigenvalue weighted by Crippen LogP contribution is 2.20. The van der Waals surface area contributed by atoms with Gasteiger partial charge in [0.1, 0.15) is 6.04 Å². The molecule has 2 aromatic carbocycles. The fourth-order valence-electron chi connectivity index (χ4n) is 3.57. The number of urea groups is 1. The average Bonchev–Trinajstić information content (AvgIpc) is 3.20. The number of aryl methyl sites for hydroxylation is 1. The molecule has 0 unspecified atom stereocenters. The molecule has 1 saturated heterocycles. The average molecular weight is 390 g/mol. The SMILES string of the molecule is Cn1ccc2cc(NC(=O)C[C@@H]3NC(=O)N(CCc4ccccc4)C3=O)ccc21. The van der Waals surface area contributed by atoms with Crippen LogP contribution in [0.3, 0.4) is 0 Å². The second-order valence-corrected chi connectivity index (χ2v) is 7.18. The number of carbonyl (C=O) groups excluding carboxylic acids is 3. The zero-order valence-corrected chi connectivity index (χ0v) is 16.1. The molecule has 1 atom stereocenters. The third-order valence-electron chi connectivity index (χ3n) is 5.13. The predicted octanol–water partition coefficient (Wildman–Crippen LogP) is 2.67. The first-order valence-corrected chi connectivity index (χ1v) is 9.52. The number of aromatic nitrogens is 1. The Morgan fingerprint density at radius 2 is 1.90 bits per heavy atom. The number of nitrogens with zero attached hydrogens (tertiary/aromatic N) is 2. The van der Waals surface area contributed by atoms with Gasteiger partial charge in [0.2, 0.25) is 5.91 Å². The van der Waals surface area contributed by atoms with Crippen molar-refractivity contribution < 1.29 is 14.4 Å². The molecule has 4 rings (SSSR count). The van der Waals surface area contributed by atoms with Gasteiger partial charge in [-0.1, -0.05) is 30.3 Å². The first-order chi connectivity index (χ1) is 14.0. The molecule has 1 aliphatic heterocycles. The summed E-state index contributed by atoms with van der Waals surface area (Å²) in [5.74, 6) is -0.677. The van der Waals surface area contributed by atoms with E-state index in [2.05, 4.69) is 10.6 Å². The topological polar surface area (TPSA) is 83.4 Å². The Labute approximate surface area is 168 Å². The van der Waals surface area contributed by atoms with Gasteiger partial charge in [-0.2, -0.15) is 0 Å². The highest BCUT2D eigenvalue weighted by Gasteiger charge is 2.38. The van der Waals surface area contributed by atoms with Gasteiger partial charge in [-0.3, -0.25) is 14.5 Å². The van der Waals surface area contributed by atoms with Crippen LogP contribution in [0.2, 0.25) is 0 Å². The van der Waals surface area contributed by atoms with Crippen molar-refractivity contribution in [3.8, 4) is 0 Å². The first-order valence-electron chi connectivity index (χ1n) is 9.52. The summed E-state index contributed by atoms with van der Waals surface area (Å²) in [7, 11) is 1.96. The molecule has 0 aliphatic carbocycles. The third-order valence-corrected chi connectivity index (χ3v) is 5.13. The predicted molar refractivity (Wildman–Crippen MR) is 110 cm³/mol. The van der Waals surface area contributed by atoms with Gasteiger partial charge in [-0.25, -0.2) is 4.79 Å². The Bertz CT molecular complexity index is 1070. The quantitative estimate of drug-likeness (QED) is 0.635. The van der Waals surface area contributed by atoms with Crippen molar-refractivity contribution in [1.29, 1.82) is 0 Å². The van der Waals surface area contributed by atoms with Crippen LogP contribution in [0.25, 0.3) is 10.9 Å². The highest BCUT2D eigenvalue weighted by molar-refractivity contribution is 6.07. The van der Waals surface area contributed by atoms with E-state index in [4.69, 9.17) is 0 Å². The Balaban J connectivity index is 1.35. The molecule has 1 aromatic heterocycles. The van der Waals surface area contributed by atoms with Crippen LogP contribution in [-0.2, 0) is 23.1 Å². The van der Waals surface area contributed by atoms with E-state index in [9.17, 15) is 14.4 Å². The van der Waals surface area contributed by atoms with Crippen LogP contribution >= 0.6 is 0 Å². The number of benzene rings is 2. The second-order valence-electron chi connectivity index (χ2n) is 7.18. The van der Waals surface area contributed by atoms with Crippen LogP contribution < -0.4 is 10.6 Å². The summed E-state index contributed by atoms with van der Waals surface area (Å²) in [5, 5.41) is 6.44. The molecule has 29 heavy (non-hydrogen) atoms. The second kappa shape index (κ2) is 7.79. The molecule has 4 amide bonds. The Hall–Kier alpha value is -3.61. The van der Waals surface area contributed by atoms with E-state index in [0.29, 0.717) is 12.1 Å². The fraction of sp³-hybridized carbons (Fsp3) is 0.227. The first kappa shape index (κ1) is 18.7. The molecule has 7 nitrogen and oxygen atoms in total. The fourth-order valence-corrected chi connectivity index (χ4v) is 3.57. The summed E-state index contributed by atoms with van der Waals surface area (Å²) in [6, 6.07) is 16.0. The van der Waals surface area contributed by atoms with Crippen molar-refractivity contribution >= 4 is 34.4 Å². The van der Waals surface area contributed by atoms with Gasteiger partial charge in [-0.05, 0) is 36.2 Å². The van der Waals surface area contributed by atoms with E-state index < -0.39 is 12.1 Å². The molecule has 0 saturated carbocycles. The molecule has 0 spiro atoms. The smallest absolute Gasteiger partial charge is 0.324 e. The van der Waals surface area contributed by atoms with Crippen LogP contribution in [0.1, 0.15) is 12.0 Å². The van der Waals surface area contributed by atoms with E-state index in [1.165, 1.54) is 4.90 Å². The number of rotatable bonds is 6. The normalized spacial score (nSPS) is 16.3. The number of anilines is 1. The Morgan fingerprint density at radius 3 is 2.69 bits per heavy atom. The number of hydrogen-bond acceptors (Lipinski definition) is 3. The zero-order valence-electron chi connectivity index (χ0n) is 16.1. The largest absolute Gasteiger partial charge is 0.351 e. The molecule has 2 heterocycles. The van der Waals surface area contributed by atoms with Crippen molar-refractivity contribution in [1.82, 2.24) is 14.8 Å². The molecular formula is C22H22N4O3. The number of imide groups is 1. The maximum absolute atomic E-state index is 12.6. The lowest BCUT2D eigenvalue weighted by atomic mass is 10.1. The van der Waals surface area contributed by atoms with Crippen LogP contribution in [0.4, 0.5) is 10.5 Å². The number of carbonyl (C=O) groups is 3. The zero-order chi connectivity index (χ0) is 20.4. The maximum Gasteiger partial charge on any atom is 0.324 e. The summed E-state index contributed by atoms with van der Waals surface area (Å²) in [6.45, 7) is 0.289. The van der Waals surface area contributed by atoms with Gasteiger partial charge in [0.15, 0.2) is 0 Å². The number of nitrogens with one attached hydrogen (secondary N) is 2.